The predicted molar refractivity (Wildman–Crippen MR) is 82.9 cm³/mol. The minimum Gasteiger partial charge on any atom is -0.433 e. The summed E-state index contributed by atoms with van der Waals surface area (Å²) >= 11 is 0. The van der Waals surface area contributed by atoms with Crippen LogP contribution in [0.4, 0.5) is 27.8 Å². The van der Waals surface area contributed by atoms with Crippen LogP contribution < -0.4 is 9.46 Å². The smallest absolute Gasteiger partial charge is 0.416 e. The van der Waals surface area contributed by atoms with E-state index in [1.807, 2.05) is 4.72 Å². The Labute approximate surface area is 148 Å². The molecule has 6 nitrogen and oxygen atoms in total. The first-order valence-electron chi connectivity index (χ1n) is 7.11. The maximum Gasteiger partial charge on any atom is 0.416 e. The fourth-order valence-electron chi connectivity index (χ4n) is 2.24. The van der Waals surface area contributed by atoms with Gasteiger partial charge in [-0.2, -0.15) is 22.0 Å². The van der Waals surface area contributed by atoms with Gasteiger partial charge in [-0.3, -0.25) is 4.72 Å². The minimum atomic E-state index is -4.67. The van der Waals surface area contributed by atoms with Gasteiger partial charge in [0.2, 0.25) is 0 Å². The average molecular weight is 408 g/mol. The van der Waals surface area contributed by atoms with Crippen molar-refractivity contribution in [1.82, 2.24) is 5.16 Å². The highest BCUT2D eigenvalue weighted by atomic mass is 32.2. The number of hydrogen-bond acceptors (Lipinski definition) is 5. The number of sulfonamides is 1. The molecule has 1 N–H and O–H groups in total. The third-order valence-electron chi connectivity index (χ3n) is 3.38. The zero-order chi connectivity index (χ0) is 19.8. The molecule has 0 atom stereocenters. The van der Waals surface area contributed by atoms with Crippen LogP contribution in [0, 0.1) is 0 Å². The first kappa shape index (κ1) is 18.9. The van der Waals surface area contributed by atoms with Crippen molar-refractivity contribution in [3.05, 3.63) is 48.0 Å². The fraction of sp³-hybridized carbons (Fsp3) is 0.133. The summed E-state index contributed by atoms with van der Waals surface area (Å²) in [6, 6.07) is 6.92. The van der Waals surface area contributed by atoms with Gasteiger partial charge in [0, 0.05) is 0 Å². The maximum atomic E-state index is 12.9. The van der Waals surface area contributed by atoms with Crippen molar-refractivity contribution in [1.29, 1.82) is 0 Å². The molecule has 0 saturated carbocycles. The zero-order valence-corrected chi connectivity index (χ0v) is 13.8. The van der Waals surface area contributed by atoms with Crippen LogP contribution in [0.2, 0.25) is 0 Å². The molecule has 0 radical (unpaired) electrons. The van der Waals surface area contributed by atoms with E-state index >= 15 is 0 Å². The van der Waals surface area contributed by atoms with E-state index in [1.54, 1.807) is 0 Å². The third-order valence-corrected chi connectivity index (χ3v) is 4.76. The van der Waals surface area contributed by atoms with Gasteiger partial charge in [0.25, 0.3) is 10.0 Å². The lowest BCUT2D eigenvalue weighted by atomic mass is 10.1. The Morgan fingerprint density at radius 2 is 1.81 bits per heavy atom. The number of para-hydroxylation sites is 1. The molecule has 0 saturated heterocycles. The van der Waals surface area contributed by atoms with Gasteiger partial charge >= 0.3 is 12.8 Å². The molecule has 0 aliphatic heterocycles. The topological polar surface area (TPSA) is 81.4 Å². The molecular weight excluding hydrogens is 399 g/mol. The second kappa shape index (κ2) is 6.68. The molecule has 1 heterocycles. The Hall–Kier alpha value is -2.89. The number of aromatic nitrogens is 1. The largest absolute Gasteiger partial charge is 0.433 e. The summed E-state index contributed by atoms with van der Waals surface area (Å²) in [6.45, 7) is -3.27. The van der Waals surface area contributed by atoms with Gasteiger partial charge in [-0.1, -0.05) is 17.3 Å². The summed E-state index contributed by atoms with van der Waals surface area (Å²) in [4.78, 5) is -0.645. The van der Waals surface area contributed by atoms with E-state index in [0.29, 0.717) is 6.07 Å². The van der Waals surface area contributed by atoms with Crippen molar-refractivity contribution in [2.45, 2.75) is 17.7 Å². The van der Waals surface area contributed by atoms with Crippen molar-refractivity contribution in [3.8, 4) is 5.75 Å². The maximum absolute atomic E-state index is 12.9. The Bertz CT molecular complexity index is 1080. The summed E-state index contributed by atoms with van der Waals surface area (Å²) in [5.74, 6) is -1.16. The summed E-state index contributed by atoms with van der Waals surface area (Å²) in [5, 5.41) is 3.15. The van der Waals surface area contributed by atoms with Crippen LogP contribution in [0.3, 0.4) is 0 Å². The van der Waals surface area contributed by atoms with Crippen molar-refractivity contribution in [2.75, 3.05) is 4.72 Å². The van der Waals surface area contributed by atoms with E-state index < -0.39 is 44.8 Å². The number of benzene rings is 2. The number of nitrogens with zero attached hydrogens (tertiary/aromatic N) is 1. The standard InChI is InChI=1S/C15H9F5N2O4S/c16-14(17)25-11-3-1-2-4-12(11)27(23,24)22-13-9-7-8(15(18,19)20)5-6-10(9)26-21-13/h1-7,14H,(H,21,22). The molecular formula is C15H9F5N2O4S. The van der Waals surface area contributed by atoms with E-state index in [2.05, 4.69) is 9.89 Å². The van der Waals surface area contributed by atoms with E-state index in [9.17, 15) is 30.4 Å². The monoisotopic (exact) mass is 408 g/mol. The number of halogens is 5. The van der Waals surface area contributed by atoms with Crippen molar-refractivity contribution in [2.24, 2.45) is 0 Å². The number of rotatable bonds is 5. The first-order valence-corrected chi connectivity index (χ1v) is 8.59. The Balaban J connectivity index is 2.02. The summed E-state index contributed by atoms with van der Waals surface area (Å²) in [6.07, 6.45) is -4.67. The van der Waals surface area contributed by atoms with Gasteiger partial charge in [0.1, 0.15) is 10.6 Å². The molecule has 1 aromatic heterocycles. The van der Waals surface area contributed by atoms with Crippen LogP contribution >= 0.6 is 0 Å². The van der Waals surface area contributed by atoms with Crippen LogP contribution in [0.5, 0.6) is 5.75 Å². The van der Waals surface area contributed by atoms with E-state index in [4.69, 9.17) is 4.52 Å². The number of ether oxygens (including phenoxy) is 1. The van der Waals surface area contributed by atoms with Crippen molar-refractivity contribution in [3.63, 3.8) is 0 Å². The summed E-state index contributed by atoms with van der Waals surface area (Å²) in [7, 11) is -4.51. The normalized spacial score (nSPS) is 12.5. The van der Waals surface area contributed by atoms with Crippen LogP contribution in [0.1, 0.15) is 5.56 Å². The fourth-order valence-corrected chi connectivity index (χ4v) is 3.39. The van der Waals surface area contributed by atoms with Gasteiger partial charge in [-0.25, -0.2) is 8.42 Å². The molecule has 0 fully saturated rings. The second-order valence-electron chi connectivity index (χ2n) is 5.17. The third kappa shape index (κ3) is 3.94. The molecule has 27 heavy (non-hydrogen) atoms. The minimum absolute atomic E-state index is 0.0992. The number of fused-ring (bicyclic) bond motifs is 1. The summed E-state index contributed by atoms with van der Waals surface area (Å²) < 4.78 is 99.3. The lowest BCUT2D eigenvalue weighted by Crippen LogP contribution is -2.16. The molecule has 0 bridgehead atoms. The van der Waals surface area contributed by atoms with Crippen molar-refractivity contribution >= 4 is 26.8 Å². The quantitative estimate of drug-likeness (QED) is 0.639. The molecule has 0 unspecified atom stereocenters. The van der Waals surface area contributed by atoms with Crippen molar-refractivity contribution < 1.29 is 39.6 Å². The van der Waals surface area contributed by atoms with Gasteiger partial charge in [0.15, 0.2) is 11.4 Å². The van der Waals surface area contributed by atoms with Gasteiger partial charge in [-0.05, 0) is 30.3 Å². The Kier molecular flexibility index (Phi) is 4.68. The Morgan fingerprint density at radius 3 is 2.48 bits per heavy atom. The molecule has 3 rings (SSSR count). The summed E-state index contributed by atoms with van der Waals surface area (Å²) in [5.41, 5.74) is -1.14. The molecule has 3 aromatic rings. The number of anilines is 1. The highest BCUT2D eigenvalue weighted by molar-refractivity contribution is 7.92. The van der Waals surface area contributed by atoms with Crippen LogP contribution in [0.25, 0.3) is 11.0 Å². The molecule has 0 aliphatic rings. The molecule has 12 heteroatoms. The average Bonchev–Trinajstić information content (AvgIpc) is 2.95. The van der Waals surface area contributed by atoms with Crippen LogP contribution in [-0.2, 0) is 16.2 Å². The number of alkyl halides is 5. The highest BCUT2D eigenvalue weighted by Gasteiger charge is 2.32. The Morgan fingerprint density at radius 1 is 1.11 bits per heavy atom. The lowest BCUT2D eigenvalue weighted by Gasteiger charge is -2.11. The SMILES string of the molecule is O=S(=O)(Nc1noc2ccc(C(F)(F)F)cc12)c1ccccc1OC(F)F. The lowest BCUT2D eigenvalue weighted by molar-refractivity contribution is -0.137. The van der Waals surface area contributed by atoms with E-state index in [0.717, 1.165) is 24.3 Å². The molecule has 0 aliphatic carbocycles. The predicted octanol–water partition coefficient (Wildman–Crippen LogP) is 4.25. The van der Waals surface area contributed by atoms with Crippen LogP contribution in [0.15, 0.2) is 51.9 Å². The zero-order valence-electron chi connectivity index (χ0n) is 13.0. The van der Waals surface area contributed by atoms with Gasteiger partial charge < -0.3 is 9.26 Å². The number of hydrogen-bond donors (Lipinski definition) is 1. The van der Waals surface area contributed by atoms with Gasteiger partial charge in [-0.15, -0.1) is 0 Å². The second-order valence-corrected chi connectivity index (χ2v) is 6.82. The van der Waals surface area contributed by atoms with Crippen LogP contribution in [-0.4, -0.2) is 20.2 Å². The molecule has 0 amide bonds. The van der Waals surface area contributed by atoms with Gasteiger partial charge in [0.05, 0.1) is 10.9 Å². The molecule has 144 valence electrons. The van der Waals surface area contributed by atoms with E-state index in [-0.39, 0.29) is 11.0 Å². The highest BCUT2D eigenvalue weighted by Crippen LogP contribution is 2.34. The number of nitrogens with one attached hydrogen (secondary N) is 1. The van der Waals surface area contributed by atoms with E-state index in [1.165, 1.54) is 12.1 Å². The molecule has 2 aromatic carbocycles. The molecule has 0 spiro atoms. The first-order chi connectivity index (χ1) is 12.6.